The first-order valence-electron chi connectivity index (χ1n) is 11.2. The summed E-state index contributed by atoms with van der Waals surface area (Å²) in [6.07, 6.45) is 1.64. The minimum absolute atomic E-state index is 0.0832. The second kappa shape index (κ2) is 8.26. The Bertz CT molecular complexity index is 1220. The van der Waals surface area contributed by atoms with Gasteiger partial charge in [0, 0.05) is 31.2 Å². The molecule has 0 saturated carbocycles. The van der Waals surface area contributed by atoms with Gasteiger partial charge in [-0.15, -0.1) is 0 Å². The van der Waals surface area contributed by atoms with Crippen LogP contribution in [-0.2, 0) is 4.79 Å². The number of rotatable bonds is 4. The third kappa shape index (κ3) is 3.99. The zero-order valence-electron chi connectivity index (χ0n) is 18.6. The standard InChI is InChI=1S/C25H26F2N4O2/c1-14-3-4-20(27)19-12-21(29-23(14)19)24(32)28-18-10-16(9-17(26)11-18)15-5-8-31(13-15)22-6-7-30(2)25(22)33/h3-4,9-12,15,22,29H,5-8,13H2,1-2H3,(H,28,32). The molecule has 2 saturated heterocycles. The lowest BCUT2D eigenvalue weighted by Gasteiger charge is -2.22. The molecule has 172 valence electrons. The number of hydrogen-bond acceptors (Lipinski definition) is 3. The average molecular weight is 453 g/mol. The minimum atomic E-state index is -0.464. The zero-order valence-corrected chi connectivity index (χ0v) is 18.6. The first-order chi connectivity index (χ1) is 15.8. The van der Waals surface area contributed by atoms with Gasteiger partial charge in [0.25, 0.3) is 5.91 Å². The van der Waals surface area contributed by atoms with Crippen molar-refractivity contribution in [3.8, 4) is 0 Å². The predicted octanol–water partition coefficient (Wildman–Crippen LogP) is 4.03. The molecule has 5 rings (SSSR count). The number of anilines is 1. The Hall–Kier alpha value is -3.26. The Morgan fingerprint density at radius 3 is 2.67 bits per heavy atom. The molecular weight excluding hydrogens is 426 g/mol. The van der Waals surface area contributed by atoms with Crippen LogP contribution in [0.25, 0.3) is 10.9 Å². The molecule has 0 spiro atoms. The molecule has 3 aromatic rings. The highest BCUT2D eigenvalue weighted by atomic mass is 19.1. The van der Waals surface area contributed by atoms with E-state index < -0.39 is 17.5 Å². The van der Waals surface area contributed by atoms with Crippen LogP contribution < -0.4 is 5.32 Å². The number of nitrogens with zero attached hydrogens (tertiary/aromatic N) is 2. The van der Waals surface area contributed by atoms with E-state index in [2.05, 4.69) is 15.2 Å². The number of aryl methyl sites for hydroxylation is 1. The number of aromatic nitrogens is 1. The number of halogens is 2. The molecule has 0 bridgehead atoms. The fourth-order valence-electron chi connectivity index (χ4n) is 5.05. The molecule has 2 aliphatic rings. The van der Waals surface area contributed by atoms with Crippen LogP contribution in [0.5, 0.6) is 0 Å². The molecule has 6 nitrogen and oxygen atoms in total. The van der Waals surface area contributed by atoms with Gasteiger partial charge >= 0.3 is 0 Å². The molecule has 1 aromatic heterocycles. The van der Waals surface area contributed by atoms with E-state index >= 15 is 0 Å². The molecule has 3 heterocycles. The van der Waals surface area contributed by atoms with E-state index in [1.165, 1.54) is 24.3 Å². The Kier molecular flexibility index (Phi) is 5.40. The van der Waals surface area contributed by atoms with E-state index in [9.17, 15) is 18.4 Å². The maximum atomic E-state index is 14.4. The number of hydrogen-bond donors (Lipinski definition) is 2. The Labute approximate surface area is 190 Å². The van der Waals surface area contributed by atoms with Crippen molar-refractivity contribution < 1.29 is 18.4 Å². The average Bonchev–Trinajstić information content (AvgIpc) is 3.50. The number of amides is 2. The highest BCUT2D eigenvalue weighted by Gasteiger charge is 2.38. The van der Waals surface area contributed by atoms with E-state index in [4.69, 9.17) is 0 Å². The van der Waals surface area contributed by atoms with Gasteiger partial charge in [-0.2, -0.15) is 0 Å². The second-order valence-corrected chi connectivity index (χ2v) is 9.11. The summed E-state index contributed by atoms with van der Waals surface area (Å²) in [6, 6.07) is 8.94. The van der Waals surface area contributed by atoms with Crippen LogP contribution in [0.4, 0.5) is 14.5 Å². The van der Waals surface area contributed by atoms with Gasteiger partial charge in [0.15, 0.2) is 0 Å². The van der Waals surface area contributed by atoms with Crippen molar-refractivity contribution in [3.05, 3.63) is 64.9 Å². The molecule has 2 unspecified atom stereocenters. The monoisotopic (exact) mass is 452 g/mol. The van der Waals surface area contributed by atoms with Gasteiger partial charge in [-0.3, -0.25) is 14.5 Å². The van der Waals surface area contributed by atoms with Crippen molar-refractivity contribution in [1.82, 2.24) is 14.8 Å². The first kappa shape index (κ1) is 21.6. The van der Waals surface area contributed by atoms with Crippen LogP contribution in [-0.4, -0.2) is 59.3 Å². The van der Waals surface area contributed by atoms with E-state index in [1.807, 2.05) is 14.0 Å². The molecular formula is C25H26F2N4O2. The number of likely N-dealkylation sites (N-methyl/N-ethyl adjacent to an activating group) is 1. The lowest BCUT2D eigenvalue weighted by molar-refractivity contribution is -0.130. The summed E-state index contributed by atoms with van der Waals surface area (Å²) in [4.78, 5) is 32.1. The van der Waals surface area contributed by atoms with Crippen molar-refractivity contribution in [2.45, 2.75) is 31.7 Å². The summed E-state index contributed by atoms with van der Waals surface area (Å²) < 4.78 is 28.5. The summed E-state index contributed by atoms with van der Waals surface area (Å²) in [5, 5.41) is 3.08. The number of carbonyl (C=O) groups is 2. The summed E-state index contributed by atoms with van der Waals surface area (Å²) in [7, 11) is 1.82. The van der Waals surface area contributed by atoms with Gasteiger partial charge in [-0.1, -0.05) is 6.07 Å². The Morgan fingerprint density at radius 1 is 1.12 bits per heavy atom. The predicted molar refractivity (Wildman–Crippen MR) is 122 cm³/mol. The number of likely N-dealkylation sites (tertiary alicyclic amines) is 2. The third-order valence-electron chi connectivity index (χ3n) is 6.90. The molecule has 0 aliphatic carbocycles. The normalized spacial score (nSPS) is 21.3. The minimum Gasteiger partial charge on any atom is -0.350 e. The van der Waals surface area contributed by atoms with E-state index in [-0.39, 0.29) is 23.6 Å². The highest BCUT2D eigenvalue weighted by Crippen LogP contribution is 2.33. The van der Waals surface area contributed by atoms with Crippen molar-refractivity contribution in [2.24, 2.45) is 0 Å². The van der Waals surface area contributed by atoms with Crippen LogP contribution in [0, 0.1) is 18.6 Å². The van der Waals surface area contributed by atoms with Crippen LogP contribution in [0.15, 0.2) is 36.4 Å². The van der Waals surface area contributed by atoms with E-state index in [0.717, 1.165) is 37.1 Å². The van der Waals surface area contributed by atoms with Gasteiger partial charge in [-0.25, -0.2) is 8.78 Å². The lowest BCUT2D eigenvalue weighted by Crippen LogP contribution is -2.39. The van der Waals surface area contributed by atoms with Crippen LogP contribution >= 0.6 is 0 Å². The highest BCUT2D eigenvalue weighted by molar-refractivity contribution is 6.06. The molecule has 0 radical (unpaired) electrons. The smallest absolute Gasteiger partial charge is 0.272 e. The summed E-state index contributed by atoms with van der Waals surface area (Å²) >= 11 is 0. The zero-order chi connectivity index (χ0) is 23.3. The van der Waals surface area contributed by atoms with E-state index in [0.29, 0.717) is 23.1 Å². The Morgan fingerprint density at radius 2 is 1.94 bits per heavy atom. The van der Waals surface area contributed by atoms with Gasteiger partial charge in [0.05, 0.1) is 11.6 Å². The molecule has 2 N–H and O–H groups in total. The maximum Gasteiger partial charge on any atom is 0.272 e. The van der Waals surface area contributed by atoms with Crippen molar-refractivity contribution in [3.63, 3.8) is 0 Å². The van der Waals surface area contributed by atoms with Gasteiger partial charge in [0.2, 0.25) is 5.91 Å². The molecule has 2 aliphatic heterocycles. The third-order valence-corrected chi connectivity index (χ3v) is 6.90. The quantitative estimate of drug-likeness (QED) is 0.628. The topological polar surface area (TPSA) is 68.4 Å². The van der Waals surface area contributed by atoms with Crippen LogP contribution in [0.3, 0.4) is 0 Å². The molecule has 2 fully saturated rings. The maximum absolute atomic E-state index is 14.4. The van der Waals surface area contributed by atoms with Gasteiger partial charge in [0.1, 0.15) is 17.3 Å². The SMILES string of the molecule is Cc1ccc(F)c2cc(C(=O)Nc3cc(F)cc(C4CCN(C5CCN(C)C5=O)C4)c3)[nH]c12. The van der Waals surface area contributed by atoms with Gasteiger partial charge in [-0.05, 0) is 73.7 Å². The number of aromatic amines is 1. The molecule has 2 amide bonds. The van der Waals surface area contributed by atoms with Crippen molar-refractivity contribution in [2.75, 3.05) is 32.0 Å². The summed E-state index contributed by atoms with van der Waals surface area (Å²) in [5.74, 6) is -1.07. The fraction of sp³-hybridized carbons (Fsp3) is 0.360. The molecule has 2 aromatic carbocycles. The number of carbonyl (C=O) groups excluding carboxylic acids is 2. The number of nitrogens with one attached hydrogen (secondary N) is 2. The number of fused-ring (bicyclic) bond motifs is 1. The lowest BCUT2D eigenvalue weighted by atomic mass is 9.97. The molecule has 2 atom stereocenters. The van der Waals surface area contributed by atoms with E-state index in [1.54, 1.807) is 17.0 Å². The summed E-state index contributed by atoms with van der Waals surface area (Å²) in [5.41, 5.74) is 2.75. The molecule has 33 heavy (non-hydrogen) atoms. The summed E-state index contributed by atoms with van der Waals surface area (Å²) in [6.45, 7) is 4.06. The number of H-pyrrole nitrogens is 1. The first-order valence-corrected chi connectivity index (χ1v) is 11.2. The second-order valence-electron chi connectivity index (χ2n) is 9.11. The van der Waals surface area contributed by atoms with Crippen LogP contribution in [0.2, 0.25) is 0 Å². The number of benzene rings is 2. The van der Waals surface area contributed by atoms with Gasteiger partial charge < -0.3 is 15.2 Å². The largest absolute Gasteiger partial charge is 0.350 e. The van der Waals surface area contributed by atoms with Crippen molar-refractivity contribution in [1.29, 1.82) is 0 Å². The van der Waals surface area contributed by atoms with Crippen LogP contribution in [0.1, 0.15) is 40.4 Å². The van der Waals surface area contributed by atoms with Crippen molar-refractivity contribution >= 4 is 28.4 Å². The fourth-order valence-corrected chi connectivity index (χ4v) is 5.05. The molecule has 8 heteroatoms. The Balaban J connectivity index is 1.33.